The number of carbonyl (C=O) groups excluding carboxylic acids is 11. The Balaban J connectivity index is 0.000000504. The van der Waals surface area contributed by atoms with E-state index in [2.05, 4.69) is 40.9 Å². The highest BCUT2D eigenvalue weighted by Crippen LogP contribution is 2.28. The average molecular weight is 1200 g/mol. The summed E-state index contributed by atoms with van der Waals surface area (Å²) in [5.74, 6) is 0.0215. The number of methoxy groups -OCH3 is 4. The number of aryl methyl sites for hydroxylation is 1. The lowest BCUT2D eigenvalue weighted by atomic mass is 10.0. The number of amides is 8. The average Bonchev–Trinajstić information content (AvgIpc) is 3.42. The van der Waals surface area contributed by atoms with Gasteiger partial charge in [-0.15, -0.1) is 57.9 Å². The van der Waals surface area contributed by atoms with E-state index in [1.807, 2.05) is 6.92 Å². The summed E-state index contributed by atoms with van der Waals surface area (Å²) >= 11 is 5.37. The third-order valence-electron chi connectivity index (χ3n) is 10.6. The number of benzene rings is 1. The van der Waals surface area contributed by atoms with Crippen molar-refractivity contribution in [3.63, 3.8) is 0 Å². The molecule has 0 spiro atoms. The SMILES string of the molecule is C=CCON1C(=O)CC1CSCC(=O)OC.CN1C(=O)CC(=O)N(C)C1=O.COC(=O)CSCC1CC(=O)N1O.COC(=O)CSCC1CC(=O)N1OS(=O)(=O)c1ccc(C)cc1.COC(=O)CSC[C@@H]1NC(=O)[C@H]1N=[N+]=[N-].[HH]. The second-order valence-electron chi connectivity index (χ2n) is 16.2. The fraction of sp³-hybridized carbons (Fsp3) is 0.568. The Morgan fingerprint density at radius 1 is 0.718 bits per heavy atom. The van der Waals surface area contributed by atoms with E-state index in [1.165, 1.54) is 107 Å². The van der Waals surface area contributed by atoms with Crippen LogP contribution in [0.25, 0.3) is 10.4 Å². The quantitative estimate of drug-likeness (QED) is 0.0180. The zero-order valence-corrected chi connectivity index (χ0v) is 47.6. The first kappa shape index (κ1) is 68.0. The van der Waals surface area contributed by atoms with Crippen LogP contribution in [0.1, 0.15) is 32.7 Å². The molecule has 0 radical (unpaired) electrons. The molecule has 5 aliphatic rings. The van der Waals surface area contributed by atoms with Gasteiger partial charge in [-0.25, -0.2) is 14.9 Å². The minimum absolute atomic E-state index is 0. The predicted molar refractivity (Wildman–Crippen MR) is 283 cm³/mol. The normalized spacial score (nSPS) is 20.0. The number of rotatable bonds is 23. The van der Waals surface area contributed by atoms with Gasteiger partial charge in [0, 0.05) is 43.4 Å². The second kappa shape index (κ2) is 34.7. The van der Waals surface area contributed by atoms with Crippen LogP contribution in [0.5, 0.6) is 0 Å². The first-order chi connectivity index (χ1) is 36.9. The Kier molecular flexibility index (Phi) is 30.2. The van der Waals surface area contributed by atoms with Crippen molar-refractivity contribution in [3.8, 4) is 0 Å². The van der Waals surface area contributed by atoms with Crippen molar-refractivity contribution in [2.45, 2.75) is 67.7 Å². The number of hydroxylamine groups is 6. The van der Waals surface area contributed by atoms with Gasteiger partial charge in [0.05, 0.1) is 106 Å². The van der Waals surface area contributed by atoms with E-state index in [9.17, 15) is 61.2 Å². The van der Waals surface area contributed by atoms with Gasteiger partial charge in [-0.05, 0) is 24.6 Å². The first-order valence-electron chi connectivity index (χ1n) is 22.8. The molecule has 2 N–H and O–H groups in total. The molecular weight excluding hydrogens is 1130 g/mol. The van der Waals surface area contributed by atoms with Crippen LogP contribution in [0.2, 0.25) is 0 Å². The number of esters is 4. The molecule has 1 aromatic rings. The van der Waals surface area contributed by atoms with E-state index in [0.717, 1.165) is 20.4 Å². The topological polar surface area (TPSA) is 375 Å². The van der Waals surface area contributed by atoms with E-state index in [0.29, 0.717) is 53.3 Å². The molecule has 3 unspecified atom stereocenters. The van der Waals surface area contributed by atoms with Gasteiger partial charge in [-0.1, -0.05) is 28.9 Å². The van der Waals surface area contributed by atoms with Crippen molar-refractivity contribution in [1.29, 1.82) is 0 Å². The van der Waals surface area contributed by atoms with Crippen molar-refractivity contribution in [3.05, 3.63) is 52.9 Å². The van der Waals surface area contributed by atoms with Crippen LogP contribution in [0.15, 0.2) is 46.9 Å². The Morgan fingerprint density at radius 2 is 1.14 bits per heavy atom. The van der Waals surface area contributed by atoms with Crippen LogP contribution in [-0.2, 0) is 86.1 Å². The van der Waals surface area contributed by atoms with E-state index >= 15 is 0 Å². The molecule has 0 aliphatic carbocycles. The molecule has 5 saturated heterocycles. The Hall–Kier alpha value is -6.13. The van der Waals surface area contributed by atoms with Crippen molar-refractivity contribution < 1.29 is 95.9 Å². The number of barbiturate groups is 1. The van der Waals surface area contributed by atoms with Gasteiger partial charge in [0.25, 0.3) is 0 Å². The number of hydrogen-bond donors (Lipinski definition) is 2. The number of thioether (sulfide) groups is 4. The Bertz CT molecular complexity index is 2470. The molecule has 0 aromatic heterocycles. The van der Waals surface area contributed by atoms with Crippen LogP contribution in [0.4, 0.5) is 4.79 Å². The highest BCUT2D eigenvalue weighted by molar-refractivity contribution is 8.00. The minimum atomic E-state index is -4.04. The summed E-state index contributed by atoms with van der Waals surface area (Å²) in [4.78, 5) is 130. The lowest BCUT2D eigenvalue weighted by Gasteiger charge is -2.38. The summed E-state index contributed by atoms with van der Waals surface area (Å²) in [6, 6.07) is 4.32. The van der Waals surface area contributed by atoms with E-state index in [1.54, 1.807) is 18.2 Å². The summed E-state index contributed by atoms with van der Waals surface area (Å²) in [6.07, 6.45) is 2.41. The smallest absolute Gasteiger partial charge is 0.332 e. The van der Waals surface area contributed by atoms with Gasteiger partial charge in [-0.2, -0.15) is 13.5 Å². The molecule has 0 saturated carbocycles. The van der Waals surface area contributed by atoms with Crippen molar-refractivity contribution >= 4 is 123 Å². The molecule has 29 nitrogen and oxygen atoms in total. The molecule has 34 heteroatoms. The van der Waals surface area contributed by atoms with Crippen molar-refractivity contribution in [1.82, 2.24) is 30.3 Å². The van der Waals surface area contributed by atoms with Gasteiger partial charge in [0.2, 0.25) is 35.4 Å². The second-order valence-corrected chi connectivity index (χ2v) is 21.8. The summed E-state index contributed by atoms with van der Waals surface area (Å²) in [5.41, 5.74) is 9.10. The number of β-lactam (4-membered cyclic amide) rings is 4. The molecule has 5 atom stereocenters. The fourth-order valence-electron chi connectivity index (χ4n) is 5.95. The predicted octanol–water partition coefficient (Wildman–Crippen LogP) is 1.36. The summed E-state index contributed by atoms with van der Waals surface area (Å²) < 4.78 is 47.2. The Labute approximate surface area is 467 Å². The monoisotopic (exact) mass is 1200 g/mol. The maximum atomic E-state index is 12.2. The number of hydrogen-bond acceptors (Lipinski definition) is 25. The zero-order chi connectivity index (χ0) is 58.7. The lowest BCUT2D eigenvalue weighted by Crippen LogP contribution is -2.62. The third-order valence-corrected chi connectivity index (χ3v) is 16.0. The van der Waals surface area contributed by atoms with Crippen LogP contribution in [0, 0.1) is 6.92 Å². The van der Waals surface area contributed by atoms with Gasteiger partial charge < -0.3 is 24.3 Å². The molecule has 5 heterocycles. The molecule has 1 aromatic carbocycles. The first-order valence-corrected chi connectivity index (χ1v) is 28.8. The van der Waals surface area contributed by atoms with Crippen LogP contribution in [-0.4, -0.2) is 229 Å². The molecule has 0 bridgehead atoms. The number of imide groups is 2. The van der Waals surface area contributed by atoms with Gasteiger partial charge in [0.15, 0.2) is 0 Å². The van der Waals surface area contributed by atoms with Gasteiger partial charge >= 0.3 is 40.0 Å². The number of ether oxygens (including phenoxy) is 4. The minimum Gasteiger partial charge on any atom is -0.468 e. The largest absolute Gasteiger partial charge is 0.468 e. The zero-order valence-electron chi connectivity index (χ0n) is 43.5. The highest BCUT2D eigenvalue weighted by Gasteiger charge is 2.42. The standard InChI is InChI=1S/C14H17NO6S2.C10H15NO4S.C7H10N4O3S.C7H11NO4S.C6H8N2O3.H2/c1-10-3-5-12(6-4-10)23(18,19)21-15-11(7-13(15)16)8-22-9-14(17)20-2;1-3-4-15-11-8(5-9(11)12)6-16-7-10(13)14-2;1-14-5(12)3-15-2-4-6(10-11-8)7(13)9-4;1-12-7(10)4-13-3-5-2-6(9)8(5)11;1-7-4(9)3-5(10)8(2)6(7)11;/h3-6,11H,7-9H2,1-2H3;3,8H,1,4-7H2,2H3;4,6H,2-3H2,1H3,(H,9,13);5,11H,2-4H2,1H3;3H2,1-2H3;1H/t;;4-,6-;;;/m..0.../s1. The van der Waals surface area contributed by atoms with Crippen LogP contribution < -0.4 is 5.32 Å². The summed E-state index contributed by atoms with van der Waals surface area (Å²) in [6.45, 7) is 5.67. The van der Waals surface area contributed by atoms with Crippen molar-refractivity contribution in [2.24, 2.45) is 5.11 Å². The van der Waals surface area contributed by atoms with E-state index in [4.69, 9.17) is 19.9 Å². The van der Waals surface area contributed by atoms with E-state index < -0.39 is 39.9 Å². The molecule has 5 fully saturated rings. The maximum Gasteiger partial charge on any atom is 0.332 e. The number of nitrogens with zero attached hydrogens (tertiary/aromatic N) is 8. The maximum absolute atomic E-state index is 12.2. The number of carbonyl (C=O) groups is 11. The molecule has 5 aliphatic heterocycles. The third kappa shape index (κ3) is 22.3. The number of azide groups is 1. The van der Waals surface area contributed by atoms with Gasteiger partial charge in [0.1, 0.15) is 12.5 Å². The molecule has 78 heavy (non-hydrogen) atoms. The lowest BCUT2D eigenvalue weighted by molar-refractivity contribution is -0.219. The highest BCUT2D eigenvalue weighted by atomic mass is 32.2. The fourth-order valence-corrected chi connectivity index (χ4v) is 10.6. The molecule has 434 valence electrons. The van der Waals surface area contributed by atoms with Crippen LogP contribution in [0.3, 0.4) is 0 Å². The van der Waals surface area contributed by atoms with Crippen molar-refractivity contribution in [2.75, 3.05) is 95.2 Å². The Morgan fingerprint density at radius 3 is 1.53 bits per heavy atom. The molecule has 6 rings (SSSR count). The number of nitrogens with one attached hydrogen (secondary N) is 1. The number of urea groups is 1. The summed E-state index contributed by atoms with van der Waals surface area (Å²) in [7, 11) is 3.96. The van der Waals surface area contributed by atoms with E-state index in [-0.39, 0.29) is 102 Å². The molecular formula is C44H63N9O20S5. The van der Waals surface area contributed by atoms with Crippen LogP contribution >= 0.6 is 47.0 Å². The molecule has 8 amide bonds. The van der Waals surface area contributed by atoms with Gasteiger partial charge in [-0.3, -0.25) is 67.8 Å². The summed E-state index contributed by atoms with van der Waals surface area (Å²) in [5, 5.41) is 17.8.